The van der Waals surface area contributed by atoms with Crippen LogP contribution in [0.25, 0.3) is 0 Å². The Balaban J connectivity index is 1.76. The summed E-state index contributed by atoms with van der Waals surface area (Å²) >= 11 is 2.86. The Morgan fingerprint density at radius 3 is 2.60 bits per heavy atom. The monoisotopic (exact) mass is 380 g/mol. The zero-order chi connectivity index (χ0) is 18.2. The van der Waals surface area contributed by atoms with Crippen LogP contribution in [0.5, 0.6) is 5.75 Å². The SMILES string of the molecule is COc1ccc(CNc2nnc(SCC(=O)NC(C)C(C)C)s2)cc1. The molecule has 0 fully saturated rings. The summed E-state index contributed by atoms with van der Waals surface area (Å²) in [5.41, 5.74) is 1.13. The van der Waals surface area contributed by atoms with Crippen LogP contribution in [-0.4, -0.2) is 35.0 Å². The van der Waals surface area contributed by atoms with Gasteiger partial charge < -0.3 is 15.4 Å². The predicted molar refractivity (Wildman–Crippen MR) is 103 cm³/mol. The first-order valence-electron chi connectivity index (χ1n) is 8.10. The molecule has 0 saturated carbocycles. The van der Waals surface area contributed by atoms with Gasteiger partial charge in [0.1, 0.15) is 5.75 Å². The van der Waals surface area contributed by atoms with Crippen LogP contribution in [0.15, 0.2) is 28.6 Å². The molecule has 2 aromatic rings. The van der Waals surface area contributed by atoms with Crippen molar-refractivity contribution in [3.8, 4) is 5.75 Å². The van der Waals surface area contributed by atoms with Crippen LogP contribution in [0, 0.1) is 5.92 Å². The Kier molecular flexibility index (Phi) is 7.52. The Labute approximate surface area is 156 Å². The first-order valence-corrected chi connectivity index (χ1v) is 9.90. The molecular weight excluding hydrogens is 356 g/mol. The number of hydrogen-bond donors (Lipinski definition) is 2. The molecule has 1 aromatic carbocycles. The summed E-state index contributed by atoms with van der Waals surface area (Å²) in [4.78, 5) is 11.9. The lowest BCUT2D eigenvalue weighted by Crippen LogP contribution is -2.37. The van der Waals surface area contributed by atoms with Gasteiger partial charge in [-0.2, -0.15) is 0 Å². The third-order valence-corrected chi connectivity index (χ3v) is 5.74. The average Bonchev–Trinajstić information content (AvgIpc) is 3.06. The van der Waals surface area contributed by atoms with Crippen molar-refractivity contribution < 1.29 is 9.53 Å². The van der Waals surface area contributed by atoms with Crippen molar-refractivity contribution >= 4 is 34.1 Å². The van der Waals surface area contributed by atoms with Crippen LogP contribution >= 0.6 is 23.1 Å². The first kappa shape index (κ1) is 19.5. The smallest absolute Gasteiger partial charge is 0.230 e. The van der Waals surface area contributed by atoms with Crippen LogP contribution in [0.3, 0.4) is 0 Å². The van der Waals surface area contributed by atoms with Gasteiger partial charge in [0, 0.05) is 12.6 Å². The van der Waals surface area contributed by atoms with E-state index in [1.54, 1.807) is 7.11 Å². The number of nitrogens with zero attached hydrogens (tertiary/aromatic N) is 2. The van der Waals surface area contributed by atoms with Crippen LogP contribution in [-0.2, 0) is 11.3 Å². The van der Waals surface area contributed by atoms with Crippen LogP contribution in [0.2, 0.25) is 0 Å². The van der Waals surface area contributed by atoms with Gasteiger partial charge >= 0.3 is 0 Å². The van der Waals surface area contributed by atoms with E-state index in [9.17, 15) is 4.79 Å². The number of carbonyl (C=O) groups excluding carboxylic acids is 1. The van der Waals surface area contributed by atoms with E-state index in [1.807, 2.05) is 31.2 Å². The molecule has 0 aliphatic heterocycles. The van der Waals surface area contributed by atoms with Gasteiger partial charge in [-0.15, -0.1) is 10.2 Å². The van der Waals surface area contributed by atoms with Gasteiger partial charge in [0.15, 0.2) is 4.34 Å². The minimum absolute atomic E-state index is 0.0224. The molecule has 2 N–H and O–H groups in total. The molecule has 0 aliphatic carbocycles. The highest BCUT2D eigenvalue weighted by atomic mass is 32.2. The molecule has 6 nitrogen and oxygen atoms in total. The summed E-state index contributed by atoms with van der Waals surface area (Å²) in [6, 6.07) is 8.03. The van der Waals surface area contributed by atoms with E-state index < -0.39 is 0 Å². The van der Waals surface area contributed by atoms with E-state index >= 15 is 0 Å². The number of benzene rings is 1. The van der Waals surface area contributed by atoms with Crippen LogP contribution in [0.4, 0.5) is 5.13 Å². The number of aromatic nitrogens is 2. The van der Waals surface area contributed by atoms with Gasteiger partial charge in [-0.1, -0.05) is 49.1 Å². The molecule has 1 atom stereocenters. The summed E-state index contributed by atoms with van der Waals surface area (Å²) in [6.07, 6.45) is 0. The fraction of sp³-hybridized carbons (Fsp3) is 0.471. The fourth-order valence-corrected chi connectivity index (χ4v) is 3.41. The maximum atomic E-state index is 11.9. The summed E-state index contributed by atoms with van der Waals surface area (Å²) in [5.74, 6) is 1.63. The van der Waals surface area contributed by atoms with E-state index in [0.717, 1.165) is 20.8 Å². The van der Waals surface area contributed by atoms with E-state index in [-0.39, 0.29) is 11.9 Å². The van der Waals surface area contributed by atoms with Gasteiger partial charge in [-0.3, -0.25) is 4.79 Å². The van der Waals surface area contributed by atoms with Gasteiger partial charge in [0.05, 0.1) is 12.9 Å². The van der Waals surface area contributed by atoms with Crippen molar-refractivity contribution in [2.75, 3.05) is 18.2 Å². The number of amides is 1. The minimum atomic E-state index is 0.0224. The van der Waals surface area contributed by atoms with Crippen molar-refractivity contribution in [3.63, 3.8) is 0 Å². The second-order valence-electron chi connectivity index (χ2n) is 5.96. The Hall–Kier alpha value is -1.80. The number of nitrogens with one attached hydrogen (secondary N) is 2. The number of anilines is 1. The summed E-state index contributed by atoms with van der Waals surface area (Å²) in [7, 11) is 1.65. The molecule has 0 saturated heterocycles. The average molecular weight is 381 g/mol. The molecule has 136 valence electrons. The lowest BCUT2D eigenvalue weighted by atomic mass is 10.1. The van der Waals surface area contributed by atoms with Crippen molar-refractivity contribution in [2.24, 2.45) is 5.92 Å². The maximum Gasteiger partial charge on any atom is 0.230 e. The molecule has 1 heterocycles. The molecule has 2 rings (SSSR count). The largest absolute Gasteiger partial charge is 0.497 e. The quantitative estimate of drug-likeness (QED) is 0.649. The van der Waals surface area contributed by atoms with E-state index in [0.29, 0.717) is 18.2 Å². The highest BCUT2D eigenvalue weighted by Gasteiger charge is 2.12. The van der Waals surface area contributed by atoms with E-state index in [2.05, 4.69) is 34.7 Å². The number of rotatable bonds is 9. The topological polar surface area (TPSA) is 76.1 Å². The van der Waals surface area contributed by atoms with Crippen LogP contribution < -0.4 is 15.4 Å². The Bertz CT molecular complexity index is 674. The van der Waals surface area contributed by atoms with Gasteiger partial charge in [-0.05, 0) is 30.5 Å². The highest BCUT2D eigenvalue weighted by molar-refractivity contribution is 8.01. The summed E-state index contributed by atoms with van der Waals surface area (Å²) < 4.78 is 5.92. The third-order valence-electron chi connectivity index (χ3n) is 3.72. The molecule has 0 aliphatic rings. The molecule has 1 aromatic heterocycles. The van der Waals surface area contributed by atoms with Gasteiger partial charge in [-0.25, -0.2) is 0 Å². The lowest BCUT2D eigenvalue weighted by molar-refractivity contribution is -0.119. The lowest BCUT2D eigenvalue weighted by Gasteiger charge is -2.16. The number of thioether (sulfide) groups is 1. The van der Waals surface area contributed by atoms with Gasteiger partial charge in [0.25, 0.3) is 0 Å². The predicted octanol–water partition coefficient (Wildman–Crippen LogP) is 3.41. The van der Waals surface area contributed by atoms with E-state index in [1.165, 1.54) is 23.1 Å². The Morgan fingerprint density at radius 2 is 1.96 bits per heavy atom. The standard InChI is InChI=1S/C17H24N4O2S2/c1-11(2)12(3)19-15(22)10-24-17-21-20-16(25-17)18-9-13-5-7-14(23-4)8-6-13/h5-8,11-12H,9-10H2,1-4H3,(H,18,20)(H,19,22). The van der Waals surface area contributed by atoms with E-state index in [4.69, 9.17) is 4.74 Å². The zero-order valence-electron chi connectivity index (χ0n) is 14.9. The number of hydrogen-bond acceptors (Lipinski definition) is 7. The van der Waals surface area contributed by atoms with Crippen LogP contribution in [0.1, 0.15) is 26.3 Å². The summed E-state index contributed by atoms with van der Waals surface area (Å²) in [5, 5.41) is 15.2. The first-order chi connectivity index (χ1) is 12.0. The number of methoxy groups -OCH3 is 1. The molecule has 8 heteroatoms. The maximum absolute atomic E-state index is 11.9. The minimum Gasteiger partial charge on any atom is -0.497 e. The Morgan fingerprint density at radius 1 is 1.24 bits per heavy atom. The third kappa shape index (κ3) is 6.55. The second-order valence-corrected chi connectivity index (χ2v) is 8.16. The highest BCUT2D eigenvalue weighted by Crippen LogP contribution is 2.25. The molecule has 0 spiro atoms. The number of ether oxygens (including phenoxy) is 1. The van der Waals surface area contributed by atoms with Crippen molar-refractivity contribution in [1.82, 2.24) is 15.5 Å². The molecule has 0 radical (unpaired) electrons. The second kappa shape index (κ2) is 9.62. The van der Waals surface area contributed by atoms with Crippen molar-refractivity contribution in [1.29, 1.82) is 0 Å². The normalized spacial score (nSPS) is 12.0. The molecule has 25 heavy (non-hydrogen) atoms. The zero-order valence-corrected chi connectivity index (χ0v) is 16.5. The fourth-order valence-electron chi connectivity index (χ4n) is 1.85. The van der Waals surface area contributed by atoms with Crippen molar-refractivity contribution in [2.45, 2.75) is 37.7 Å². The number of carbonyl (C=O) groups is 1. The molecule has 1 unspecified atom stereocenters. The van der Waals surface area contributed by atoms with Crippen molar-refractivity contribution in [3.05, 3.63) is 29.8 Å². The molecule has 1 amide bonds. The summed E-state index contributed by atoms with van der Waals surface area (Å²) in [6.45, 7) is 6.85. The molecular formula is C17H24N4O2S2. The van der Waals surface area contributed by atoms with Gasteiger partial charge in [0.2, 0.25) is 11.0 Å². The molecule has 0 bridgehead atoms.